The molecule has 0 aliphatic rings. The van der Waals surface area contributed by atoms with Crippen molar-refractivity contribution in [1.82, 2.24) is 0 Å². The van der Waals surface area contributed by atoms with Crippen LogP contribution in [0.2, 0.25) is 0 Å². The molecule has 0 rings (SSSR count). The van der Waals surface area contributed by atoms with Crippen molar-refractivity contribution in [3.8, 4) is 0 Å². The predicted molar refractivity (Wildman–Crippen MR) is 92.5 cm³/mol. The van der Waals surface area contributed by atoms with Gasteiger partial charge in [-0.25, -0.2) is 0 Å². The van der Waals surface area contributed by atoms with Crippen LogP contribution in [0.15, 0.2) is 12.2 Å². The second kappa shape index (κ2) is 22.1. The fraction of sp³-hybridized carbons (Fsp3) is 0.833. The first-order chi connectivity index (χ1) is 10.3. The zero-order valence-corrected chi connectivity index (χ0v) is 18.6. The van der Waals surface area contributed by atoms with Crippen LogP contribution in [0.5, 0.6) is 0 Å². The first kappa shape index (κ1) is 25.4. The van der Waals surface area contributed by atoms with Crippen LogP contribution in [0, 0.1) is 0 Å². The first-order valence-corrected chi connectivity index (χ1v) is 9.08. The summed E-state index contributed by atoms with van der Waals surface area (Å²) in [5.41, 5.74) is 0. The number of rotatable bonds is 15. The van der Waals surface area contributed by atoms with E-state index in [0.29, 0.717) is 6.42 Å². The van der Waals surface area contributed by atoms with Crippen LogP contribution < -0.4 is 51.4 Å². The quantitative estimate of drug-likeness (QED) is 0.253. The zero-order valence-electron chi connectivity index (χ0n) is 15.7. The first-order valence-electron chi connectivity index (χ1n) is 8.77. The van der Waals surface area contributed by atoms with Gasteiger partial charge in [-0.05, 0) is 32.1 Å². The number of carbonyl (C=O) groups excluding carboxylic acids is 1. The van der Waals surface area contributed by atoms with E-state index in [1.807, 2.05) is 0 Å². The molecule has 0 heterocycles. The summed E-state index contributed by atoms with van der Waals surface area (Å²) in [5, 5.41) is 0. The molecule has 0 amide bonds. The molecule has 0 aromatic heterocycles. The summed E-state index contributed by atoms with van der Waals surface area (Å²) in [7, 11) is 0. The summed E-state index contributed by atoms with van der Waals surface area (Å²) in [5.74, 6) is -0.311. The average Bonchev–Trinajstić information content (AvgIpc) is 2.50. The van der Waals surface area contributed by atoms with E-state index in [2.05, 4.69) is 23.4 Å². The number of hydrogen-bond acceptors (Lipinski definition) is 2. The van der Waals surface area contributed by atoms with Crippen molar-refractivity contribution >= 4 is 17.8 Å². The minimum absolute atomic E-state index is 0. The van der Waals surface area contributed by atoms with Gasteiger partial charge >= 0.3 is 57.4 Å². The summed E-state index contributed by atoms with van der Waals surface area (Å²) in [6.07, 6.45) is 21.5. The average molecular weight is 357 g/mol. The Hall–Kier alpha value is 1.14. The van der Waals surface area contributed by atoms with Crippen LogP contribution in [0.1, 0.15) is 98.2 Å². The predicted octanol–water partition coefficient (Wildman–Crippen LogP) is 3.84. The molecule has 0 aromatic rings. The van der Waals surface area contributed by atoms with Crippen LogP contribution in [0.4, 0.5) is 0 Å². The zero-order chi connectivity index (χ0) is 15.6. The van der Waals surface area contributed by atoms with Gasteiger partial charge in [-0.15, -0.1) is 0 Å². The monoisotopic (exact) mass is 356 g/mol. The van der Waals surface area contributed by atoms with Crippen LogP contribution in [0.25, 0.3) is 0 Å². The number of carbonyl (C=O) groups is 1. The van der Waals surface area contributed by atoms with E-state index in [-0.39, 0.29) is 58.8 Å². The second-order valence-electron chi connectivity index (χ2n) is 5.78. The molecule has 22 heavy (non-hydrogen) atoms. The molecular weight excluding hydrogens is 323 g/mol. The van der Waals surface area contributed by atoms with Gasteiger partial charge in [0.05, 0.1) is 0 Å². The number of allylic oxidation sites excluding steroid dienone is 2. The maximum Gasteiger partial charge on any atom is 1.00 e. The van der Waals surface area contributed by atoms with Gasteiger partial charge in [-0.2, -0.15) is 0 Å². The molecule has 0 aliphatic carbocycles. The summed E-state index contributed by atoms with van der Waals surface area (Å²) < 4.78 is 4.09. The van der Waals surface area contributed by atoms with E-state index in [4.69, 9.17) is 11.9 Å². The summed E-state index contributed by atoms with van der Waals surface area (Å²) >= 11 is 4.96. The van der Waals surface area contributed by atoms with E-state index in [9.17, 15) is 4.79 Å². The van der Waals surface area contributed by atoms with Gasteiger partial charge in [-0.3, -0.25) is 4.79 Å². The van der Waals surface area contributed by atoms with Crippen molar-refractivity contribution in [2.24, 2.45) is 0 Å². The Kier molecular flexibility index (Phi) is 25.5. The van der Waals surface area contributed by atoms with Crippen molar-refractivity contribution in [1.29, 1.82) is 0 Å². The van der Waals surface area contributed by atoms with Crippen LogP contribution >= 0.6 is 11.9 Å². The molecule has 0 unspecified atom stereocenters. The molecular formula is C18H34ClKO2. The summed E-state index contributed by atoms with van der Waals surface area (Å²) in [4.78, 5) is 10.8. The molecule has 0 atom stereocenters. The van der Waals surface area contributed by atoms with Gasteiger partial charge in [0.1, 0.15) is 11.9 Å². The largest absolute Gasteiger partial charge is 1.00 e. The molecule has 0 aromatic carbocycles. The Morgan fingerprint density at radius 2 is 1.32 bits per heavy atom. The van der Waals surface area contributed by atoms with E-state index in [1.54, 1.807) is 0 Å². The second-order valence-corrected chi connectivity index (χ2v) is 5.94. The number of halogens is 1. The molecule has 0 saturated heterocycles. The summed E-state index contributed by atoms with van der Waals surface area (Å²) in [6.45, 7) is 2.26. The third-order valence-corrected chi connectivity index (χ3v) is 3.90. The Morgan fingerprint density at radius 1 is 0.864 bits per heavy atom. The summed E-state index contributed by atoms with van der Waals surface area (Å²) in [6, 6.07) is 0. The van der Waals surface area contributed by atoms with Gasteiger partial charge in [-0.1, -0.05) is 70.4 Å². The Labute approximate surface area is 186 Å². The Morgan fingerprint density at radius 3 is 1.82 bits per heavy atom. The van der Waals surface area contributed by atoms with Gasteiger partial charge in [0.2, 0.25) is 0 Å². The SMILES string of the molecule is CCCCCCCC/C=C\CCCCCCCC(=O)OCl.[H-].[K+]. The van der Waals surface area contributed by atoms with Crippen molar-refractivity contribution in [2.75, 3.05) is 0 Å². The minimum Gasteiger partial charge on any atom is -1.00 e. The number of unbranched alkanes of at least 4 members (excludes halogenated alkanes) is 11. The van der Waals surface area contributed by atoms with Crippen LogP contribution in [-0.2, 0) is 9.08 Å². The molecule has 0 spiro atoms. The normalized spacial score (nSPS) is 10.6. The van der Waals surface area contributed by atoms with E-state index in [1.165, 1.54) is 70.6 Å². The van der Waals surface area contributed by atoms with Crippen molar-refractivity contribution in [3.05, 3.63) is 12.2 Å². The molecule has 0 N–H and O–H groups in total. The molecule has 0 radical (unpaired) electrons. The fourth-order valence-electron chi connectivity index (χ4n) is 2.38. The molecule has 0 fully saturated rings. The van der Waals surface area contributed by atoms with E-state index < -0.39 is 0 Å². The molecule has 0 bridgehead atoms. The van der Waals surface area contributed by atoms with Crippen molar-refractivity contribution in [2.45, 2.75) is 96.8 Å². The minimum atomic E-state index is -0.311. The molecule has 0 saturated carbocycles. The topological polar surface area (TPSA) is 26.3 Å². The number of hydrogen-bond donors (Lipinski definition) is 0. The smallest absolute Gasteiger partial charge is 1.00 e. The van der Waals surface area contributed by atoms with Gasteiger partial charge in [0.25, 0.3) is 0 Å². The van der Waals surface area contributed by atoms with Gasteiger partial charge in [0, 0.05) is 6.42 Å². The molecule has 2 nitrogen and oxygen atoms in total. The molecule has 126 valence electrons. The fourth-order valence-corrected chi connectivity index (χ4v) is 2.46. The maximum atomic E-state index is 10.8. The third-order valence-electron chi connectivity index (χ3n) is 3.73. The standard InChI is InChI=1S/C18H33ClO2.K.H/c1-2-3-4-5-6-7-8-9-10-11-12-13-14-15-16-17-18(20)21-19;;/h9-10H,2-8,11-17H2,1H3;;/q;+1;-1/b10-9-;;. The molecule has 4 heteroatoms. The van der Waals surface area contributed by atoms with Gasteiger partial charge < -0.3 is 5.72 Å². The van der Waals surface area contributed by atoms with E-state index in [0.717, 1.165) is 12.8 Å². The van der Waals surface area contributed by atoms with E-state index >= 15 is 0 Å². The van der Waals surface area contributed by atoms with Gasteiger partial charge in [0.15, 0.2) is 0 Å². The van der Waals surface area contributed by atoms with Crippen molar-refractivity contribution < 1.29 is 61.9 Å². The Balaban J connectivity index is -0.00000200. The third kappa shape index (κ3) is 21.1. The van der Waals surface area contributed by atoms with Crippen LogP contribution in [0.3, 0.4) is 0 Å². The Bertz CT molecular complexity index is 263. The molecule has 0 aliphatic heterocycles. The van der Waals surface area contributed by atoms with Crippen molar-refractivity contribution in [3.63, 3.8) is 0 Å². The maximum absolute atomic E-state index is 10.8. The van der Waals surface area contributed by atoms with Crippen LogP contribution in [-0.4, -0.2) is 5.97 Å².